The van der Waals surface area contributed by atoms with Gasteiger partial charge in [0.15, 0.2) is 0 Å². The highest BCUT2D eigenvalue weighted by atomic mass is 32.1. The minimum Gasteiger partial charge on any atom is -0.376 e. The largest absolute Gasteiger partial charge is 0.376 e. The van der Waals surface area contributed by atoms with Gasteiger partial charge < -0.3 is 15.0 Å². The third-order valence-corrected chi connectivity index (χ3v) is 7.45. The minimum absolute atomic E-state index is 0.187. The van der Waals surface area contributed by atoms with Gasteiger partial charge in [-0.2, -0.15) is 0 Å². The van der Waals surface area contributed by atoms with Crippen LogP contribution in [0.25, 0.3) is 0 Å². The number of rotatable bonds is 6. The van der Waals surface area contributed by atoms with Crippen LogP contribution < -0.4 is 5.32 Å². The van der Waals surface area contributed by atoms with E-state index < -0.39 is 0 Å². The minimum atomic E-state index is 0.187. The Hall–Kier alpha value is -1.02. The highest BCUT2D eigenvalue weighted by Gasteiger charge is 2.31. The summed E-state index contributed by atoms with van der Waals surface area (Å²) in [6.07, 6.45) is 8.96. The van der Waals surface area contributed by atoms with Crippen LogP contribution in [-0.4, -0.2) is 72.2 Å². The molecule has 1 N–H and O–H groups in total. The van der Waals surface area contributed by atoms with Crippen molar-refractivity contribution in [2.75, 3.05) is 39.3 Å². The predicted molar refractivity (Wildman–Crippen MR) is 111 cm³/mol. The normalized spacial score (nSPS) is 26.0. The first-order valence-electron chi connectivity index (χ1n) is 10.9. The van der Waals surface area contributed by atoms with E-state index in [9.17, 15) is 4.79 Å². The number of piperidine rings is 2. The topological polar surface area (TPSA) is 57.7 Å². The summed E-state index contributed by atoms with van der Waals surface area (Å²) in [7, 11) is 0. The number of thiazole rings is 1. The van der Waals surface area contributed by atoms with Crippen LogP contribution in [0.1, 0.15) is 48.4 Å². The van der Waals surface area contributed by atoms with E-state index in [-0.39, 0.29) is 17.9 Å². The Balaban J connectivity index is 1.15. The SMILES string of the molecule is Cc1ncc(CN2CCC(N3CCC(C(=O)NCC4CCCO4)CC3)CC2)s1. The molecule has 0 saturated carbocycles. The molecule has 0 aromatic carbocycles. The zero-order chi connectivity index (χ0) is 19.3. The highest BCUT2D eigenvalue weighted by molar-refractivity contribution is 7.11. The Kier molecular flexibility index (Phi) is 6.99. The van der Waals surface area contributed by atoms with Crippen LogP contribution in [0.4, 0.5) is 0 Å². The molecular weight excluding hydrogens is 372 g/mol. The van der Waals surface area contributed by atoms with Crippen LogP contribution in [0, 0.1) is 12.8 Å². The molecule has 156 valence electrons. The summed E-state index contributed by atoms with van der Waals surface area (Å²) in [5, 5.41) is 4.29. The first-order valence-corrected chi connectivity index (χ1v) is 11.8. The maximum Gasteiger partial charge on any atom is 0.223 e. The number of amides is 1. The number of carbonyl (C=O) groups is 1. The van der Waals surface area contributed by atoms with Gasteiger partial charge in [-0.25, -0.2) is 4.98 Å². The average molecular weight is 407 g/mol. The smallest absolute Gasteiger partial charge is 0.223 e. The molecule has 0 aliphatic carbocycles. The molecule has 1 aromatic heterocycles. The zero-order valence-electron chi connectivity index (χ0n) is 17.1. The van der Waals surface area contributed by atoms with Crippen molar-refractivity contribution in [1.29, 1.82) is 0 Å². The number of nitrogens with zero attached hydrogens (tertiary/aromatic N) is 3. The maximum atomic E-state index is 12.5. The molecule has 0 spiro atoms. The summed E-state index contributed by atoms with van der Waals surface area (Å²) in [6.45, 7) is 9.14. The Labute approximate surface area is 172 Å². The van der Waals surface area contributed by atoms with Crippen LogP contribution in [-0.2, 0) is 16.1 Å². The lowest BCUT2D eigenvalue weighted by molar-refractivity contribution is -0.127. The molecule has 3 fully saturated rings. The molecule has 3 saturated heterocycles. The number of likely N-dealkylation sites (tertiary alicyclic amines) is 2. The predicted octanol–water partition coefficient (Wildman–Crippen LogP) is 2.42. The molecule has 1 aromatic rings. The standard InChI is InChI=1S/C21H34N4O2S/c1-16-22-14-20(28-16)15-24-8-6-18(7-9-24)25-10-4-17(5-11-25)21(26)23-13-19-3-2-12-27-19/h14,17-19H,2-13,15H2,1H3,(H,23,26). The fourth-order valence-electron chi connectivity index (χ4n) is 4.83. The van der Waals surface area contributed by atoms with E-state index in [1.54, 1.807) is 0 Å². The van der Waals surface area contributed by atoms with Crippen molar-refractivity contribution >= 4 is 17.2 Å². The molecule has 1 amide bonds. The van der Waals surface area contributed by atoms with Crippen LogP contribution in [0.3, 0.4) is 0 Å². The highest BCUT2D eigenvalue weighted by Crippen LogP contribution is 2.25. The summed E-state index contributed by atoms with van der Waals surface area (Å²) in [5.41, 5.74) is 0. The van der Waals surface area contributed by atoms with Gasteiger partial charge in [-0.1, -0.05) is 0 Å². The first-order chi connectivity index (χ1) is 13.7. The second kappa shape index (κ2) is 9.65. The Morgan fingerprint density at radius 2 is 2.00 bits per heavy atom. The molecule has 7 heteroatoms. The lowest BCUT2D eigenvalue weighted by Crippen LogP contribution is -2.49. The van der Waals surface area contributed by atoms with Gasteiger partial charge in [-0.05, 0) is 58.5 Å². The summed E-state index contributed by atoms with van der Waals surface area (Å²) < 4.78 is 5.60. The molecule has 0 bridgehead atoms. The van der Waals surface area contributed by atoms with E-state index in [1.165, 1.54) is 30.8 Å². The molecule has 4 heterocycles. The number of hydrogen-bond donors (Lipinski definition) is 1. The van der Waals surface area contributed by atoms with E-state index in [0.29, 0.717) is 12.6 Å². The molecule has 3 aliphatic heterocycles. The fraction of sp³-hybridized carbons (Fsp3) is 0.810. The third kappa shape index (κ3) is 5.32. The zero-order valence-corrected chi connectivity index (χ0v) is 17.9. The molecule has 4 rings (SSSR count). The van der Waals surface area contributed by atoms with Crippen molar-refractivity contribution in [2.24, 2.45) is 5.92 Å². The quantitative estimate of drug-likeness (QED) is 0.786. The molecule has 1 atom stereocenters. The molecule has 0 radical (unpaired) electrons. The first kappa shape index (κ1) is 20.3. The van der Waals surface area contributed by atoms with Gasteiger partial charge in [0.2, 0.25) is 5.91 Å². The van der Waals surface area contributed by atoms with Crippen molar-refractivity contribution < 1.29 is 9.53 Å². The summed E-state index contributed by atoms with van der Waals surface area (Å²) in [4.78, 5) is 23.4. The van der Waals surface area contributed by atoms with Gasteiger partial charge in [-0.3, -0.25) is 9.69 Å². The molecule has 6 nitrogen and oxygen atoms in total. The number of carbonyl (C=O) groups excluding carboxylic acids is 1. The van der Waals surface area contributed by atoms with Gasteiger partial charge >= 0.3 is 0 Å². The van der Waals surface area contributed by atoms with Crippen molar-refractivity contribution in [3.63, 3.8) is 0 Å². The second-order valence-electron chi connectivity index (χ2n) is 8.54. The third-order valence-electron chi connectivity index (χ3n) is 6.55. The van der Waals surface area contributed by atoms with E-state index in [0.717, 1.165) is 56.9 Å². The Morgan fingerprint density at radius 3 is 2.64 bits per heavy atom. The van der Waals surface area contributed by atoms with Crippen LogP contribution in [0.15, 0.2) is 6.20 Å². The number of nitrogens with one attached hydrogen (secondary N) is 1. The average Bonchev–Trinajstić information content (AvgIpc) is 3.39. The lowest BCUT2D eigenvalue weighted by atomic mass is 9.92. The van der Waals surface area contributed by atoms with Crippen LogP contribution in [0.5, 0.6) is 0 Å². The van der Waals surface area contributed by atoms with Crippen molar-refractivity contribution in [2.45, 2.75) is 64.1 Å². The Bertz CT molecular complexity index is 630. The van der Waals surface area contributed by atoms with Crippen molar-refractivity contribution in [1.82, 2.24) is 20.1 Å². The lowest BCUT2D eigenvalue weighted by Gasteiger charge is -2.41. The summed E-state index contributed by atoms with van der Waals surface area (Å²) >= 11 is 1.82. The van der Waals surface area contributed by atoms with Gasteiger partial charge in [0.1, 0.15) is 0 Å². The van der Waals surface area contributed by atoms with Crippen molar-refractivity contribution in [3.8, 4) is 0 Å². The molecule has 3 aliphatic rings. The number of aromatic nitrogens is 1. The van der Waals surface area contributed by atoms with Gasteiger partial charge in [-0.15, -0.1) is 11.3 Å². The van der Waals surface area contributed by atoms with E-state index >= 15 is 0 Å². The summed E-state index contributed by atoms with van der Waals surface area (Å²) in [6, 6.07) is 0.690. The van der Waals surface area contributed by atoms with Gasteiger partial charge in [0.25, 0.3) is 0 Å². The van der Waals surface area contributed by atoms with E-state index in [1.807, 2.05) is 17.5 Å². The second-order valence-corrected chi connectivity index (χ2v) is 9.86. The van der Waals surface area contributed by atoms with Crippen molar-refractivity contribution in [3.05, 3.63) is 16.1 Å². The summed E-state index contributed by atoms with van der Waals surface area (Å²) in [5.74, 6) is 0.428. The molecule has 28 heavy (non-hydrogen) atoms. The fourth-order valence-corrected chi connectivity index (χ4v) is 5.67. The molecular formula is C21H34N4O2S. The van der Waals surface area contributed by atoms with Crippen LogP contribution >= 0.6 is 11.3 Å². The Morgan fingerprint density at radius 1 is 1.21 bits per heavy atom. The maximum absolute atomic E-state index is 12.5. The van der Waals surface area contributed by atoms with Gasteiger partial charge in [0.05, 0.1) is 11.1 Å². The monoisotopic (exact) mass is 406 g/mol. The van der Waals surface area contributed by atoms with E-state index in [2.05, 4.69) is 27.0 Å². The van der Waals surface area contributed by atoms with Gasteiger partial charge in [0, 0.05) is 55.8 Å². The number of ether oxygens (including phenoxy) is 1. The number of aryl methyl sites for hydroxylation is 1. The number of hydrogen-bond acceptors (Lipinski definition) is 6. The van der Waals surface area contributed by atoms with Crippen LogP contribution in [0.2, 0.25) is 0 Å². The molecule has 1 unspecified atom stereocenters. The van der Waals surface area contributed by atoms with E-state index in [4.69, 9.17) is 4.74 Å².